The molecular formula is C15H23N3O3S. The van der Waals surface area contributed by atoms with Crippen LogP contribution < -0.4 is 0 Å². The first-order valence-corrected chi connectivity index (χ1v) is 8.61. The molecule has 1 amide bonds. The maximum atomic E-state index is 12.6. The van der Waals surface area contributed by atoms with Crippen molar-refractivity contribution < 1.29 is 14.3 Å². The topological polar surface area (TPSA) is 54.9 Å². The van der Waals surface area contributed by atoms with Gasteiger partial charge in [-0.2, -0.15) is 0 Å². The standard InChI is InChI=1S/C15H23N3O3S/c1-11-7-18(8-13(11)17-3-5-21-6-4-17)15(19)12-10-22-14(16-12)9-20-2/h10-11,13H,3-9H2,1-2H3/t11-,13-/m0/s1. The number of methoxy groups -OCH3 is 1. The first-order valence-electron chi connectivity index (χ1n) is 7.73. The van der Waals surface area contributed by atoms with Crippen molar-refractivity contribution >= 4 is 17.2 Å². The number of thiazole rings is 1. The molecule has 2 aliphatic heterocycles. The second-order valence-corrected chi connectivity index (χ2v) is 6.91. The van der Waals surface area contributed by atoms with Crippen LogP contribution in [0.1, 0.15) is 22.4 Å². The molecule has 3 rings (SSSR count). The second kappa shape index (κ2) is 7.04. The van der Waals surface area contributed by atoms with E-state index in [9.17, 15) is 4.79 Å². The van der Waals surface area contributed by atoms with Gasteiger partial charge in [-0.1, -0.05) is 6.92 Å². The number of ether oxygens (including phenoxy) is 2. The molecule has 2 fully saturated rings. The van der Waals surface area contributed by atoms with Crippen LogP contribution in [0.5, 0.6) is 0 Å². The third-order valence-corrected chi connectivity index (χ3v) is 5.24. The summed E-state index contributed by atoms with van der Waals surface area (Å²) in [7, 11) is 1.64. The molecule has 0 unspecified atom stereocenters. The van der Waals surface area contributed by atoms with E-state index in [1.165, 1.54) is 11.3 Å². The highest BCUT2D eigenvalue weighted by Crippen LogP contribution is 2.24. The number of nitrogens with zero attached hydrogens (tertiary/aromatic N) is 3. The Labute approximate surface area is 135 Å². The lowest BCUT2D eigenvalue weighted by Gasteiger charge is -2.33. The number of hydrogen-bond acceptors (Lipinski definition) is 6. The zero-order chi connectivity index (χ0) is 15.5. The van der Waals surface area contributed by atoms with Gasteiger partial charge >= 0.3 is 0 Å². The third kappa shape index (κ3) is 3.32. The van der Waals surface area contributed by atoms with E-state index in [4.69, 9.17) is 9.47 Å². The van der Waals surface area contributed by atoms with E-state index in [1.54, 1.807) is 7.11 Å². The maximum absolute atomic E-state index is 12.6. The smallest absolute Gasteiger partial charge is 0.273 e. The summed E-state index contributed by atoms with van der Waals surface area (Å²) < 4.78 is 10.5. The largest absolute Gasteiger partial charge is 0.379 e. The van der Waals surface area contributed by atoms with Crippen LogP contribution in [0, 0.1) is 5.92 Å². The minimum absolute atomic E-state index is 0.0428. The lowest BCUT2D eigenvalue weighted by Crippen LogP contribution is -2.47. The highest BCUT2D eigenvalue weighted by atomic mass is 32.1. The Morgan fingerprint density at radius 2 is 2.23 bits per heavy atom. The molecule has 0 N–H and O–H groups in total. The van der Waals surface area contributed by atoms with Crippen molar-refractivity contribution in [2.24, 2.45) is 5.92 Å². The maximum Gasteiger partial charge on any atom is 0.273 e. The van der Waals surface area contributed by atoms with Crippen molar-refractivity contribution in [2.75, 3.05) is 46.5 Å². The zero-order valence-electron chi connectivity index (χ0n) is 13.2. The minimum Gasteiger partial charge on any atom is -0.379 e. The summed E-state index contributed by atoms with van der Waals surface area (Å²) in [6.45, 7) is 7.80. The molecule has 0 bridgehead atoms. The first-order chi connectivity index (χ1) is 10.7. The fraction of sp³-hybridized carbons (Fsp3) is 0.733. The number of carbonyl (C=O) groups is 1. The summed E-state index contributed by atoms with van der Waals surface area (Å²) in [6.07, 6.45) is 0. The number of hydrogen-bond donors (Lipinski definition) is 0. The minimum atomic E-state index is 0.0428. The van der Waals surface area contributed by atoms with Crippen molar-refractivity contribution in [3.8, 4) is 0 Å². The van der Waals surface area contributed by atoms with Gasteiger partial charge in [-0.05, 0) is 5.92 Å². The van der Waals surface area contributed by atoms with Gasteiger partial charge in [-0.3, -0.25) is 9.69 Å². The van der Waals surface area contributed by atoms with Gasteiger partial charge in [0.15, 0.2) is 0 Å². The molecule has 0 radical (unpaired) electrons. The lowest BCUT2D eigenvalue weighted by molar-refractivity contribution is 0.0119. The number of rotatable bonds is 4. The molecule has 1 aromatic rings. The van der Waals surface area contributed by atoms with Gasteiger partial charge in [-0.15, -0.1) is 11.3 Å². The predicted octanol–water partition coefficient (Wildman–Crippen LogP) is 1.08. The predicted molar refractivity (Wildman–Crippen MR) is 84.1 cm³/mol. The van der Waals surface area contributed by atoms with Gasteiger partial charge in [0, 0.05) is 44.7 Å². The van der Waals surface area contributed by atoms with Crippen LogP contribution in [0.2, 0.25) is 0 Å². The Morgan fingerprint density at radius 3 is 2.95 bits per heavy atom. The lowest BCUT2D eigenvalue weighted by atomic mass is 10.0. The summed E-state index contributed by atoms with van der Waals surface area (Å²) >= 11 is 1.48. The van der Waals surface area contributed by atoms with Gasteiger partial charge in [0.1, 0.15) is 10.7 Å². The second-order valence-electron chi connectivity index (χ2n) is 5.96. The molecule has 7 heteroatoms. The Kier molecular flexibility index (Phi) is 5.07. The van der Waals surface area contributed by atoms with E-state index in [0.717, 1.165) is 44.4 Å². The first kappa shape index (κ1) is 15.9. The molecule has 122 valence electrons. The zero-order valence-corrected chi connectivity index (χ0v) is 14.0. The summed E-state index contributed by atoms with van der Waals surface area (Å²) in [6, 6.07) is 0.435. The van der Waals surface area contributed by atoms with E-state index in [1.807, 2.05) is 10.3 Å². The number of likely N-dealkylation sites (tertiary alicyclic amines) is 1. The molecule has 0 spiro atoms. The van der Waals surface area contributed by atoms with Crippen LogP contribution in [0.25, 0.3) is 0 Å². The Balaban J connectivity index is 1.63. The molecule has 1 aromatic heterocycles. The number of carbonyl (C=O) groups excluding carboxylic acids is 1. The number of aromatic nitrogens is 1. The average Bonchev–Trinajstić information content (AvgIpc) is 3.15. The van der Waals surface area contributed by atoms with E-state index in [2.05, 4.69) is 16.8 Å². The fourth-order valence-electron chi connectivity index (χ4n) is 3.26. The normalized spacial score (nSPS) is 26.5. The molecule has 0 saturated carbocycles. The molecular weight excluding hydrogens is 302 g/mol. The van der Waals surface area contributed by atoms with Crippen LogP contribution in [-0.2, 0) is 16.1 Å². The molecule has 2 atom stereocenters. The van der Waals surface area contributed by atoms with Crippen LogP contribution in [0.4, 0.5) is 0 Å². The highest BCUT2D eigenvalue weighted by Gasteiger charge is 2.37. The van der Waals surface area contributed by atoms with Crippen molar-refractivity contribution in [3.63, 3.8) is 0 Å². The van der Waals surface area contributed by atoms with Crippen LogP contribution in [0.15, 0.2) is 5.38 Å². The van der Waals surface area contributed by atoms with Crippen molar-refractivity contribution in [1.29, 1.82) is 0 Å². The van der Waals surface area contributed by atoms with Gasteiger partial charge in [0.05, 0.1) is 19.8 Å². The molecule has 3 heterocycles. The molecule has 0 aliphatic carbocycles. The molecule has 22 heavy (non-hydrogen) atoms. The van der Waals surface area contributed by atoms with E-state index in [0.29, 0.717) is 24.3 Å². The van der Waals surface area contributed by atoms with Crippen molar-refractivity contribution in [1.82, 2.24) is 14.8 Å². The van der Waals surface area contributed by atoms with Crippen LogP contribution >= 0.6 is 11.3 Å². The Morgan fingerprint density at radius 1 is 1.45 bits per heavy atom. The van der Waals surface area contributed by atoms with E-state index >= 15 is 0 Å². The summed E-state index contributed by atoms with van der Waals surface area (Å²) in [5.41, 5.74) is 0.548. The van der Waals surface area contributed by atoms with Gasteiger partial charge in [0.25, 0.3) is 5.91 Å². The Hall–Kier alpha value is -1.02. The van der Waals surface area contributed by atoms with E-state index in [-0.39, 0.29) is 5.91 Å². The number of amides is 1. The van der Waals surface area contributed by atoms with Crippen molar-refractivity contribution in [2.45, 2.75) is 19.6 Å². The average molecular weight is 325 g/mol. The fourth-order valence-corrected chi connectivity index (χ4v) is 4.00. The van der Waals surface area contributed by atoms with Gasteiger partial charge < -0.3 is 14.4 Å². The molecule has 6 nitrogen and oxygen atoms in total. The molecule has 2 aliphatic rings. The third-order valence-electron chi connectivity index (χ3n) is 4.41. The monoisotopic (exact) mass is 325 g/mol. The summed E-state index contributed by atoms with van der Waals surface area (Å²) in [5, 5.41) is 2.69. The highest BCUT2D eigenvalue weighted by molar-refractivity contribution is 7.09. The van der Waals surface area contributed by atoms with Crippen molar-refractivity contribution in [3.05, 3.63) is 16.1 Å². The van der Waals surface area contributed by atoms with Crippen LogP contribution in [-0.4, -0.2) is 73.2 Å². The quantitative estimate of drug-likeness (QED) is 0.829. The Bertz CT molecular complexity index is 516. The molecule has 2 saturated heterocycles. The molecule has 0 aromatic carbocycles. The summed E-state index contributed by atoms with van der Waals surface area (Å²) in [5.74, 6) is 0.528. The van der Waals surface area contributed by atoms with Gasteiger partial charge in [0.2, 0.25) is 0 Å². The van der Waals surface area contributed by atoms with Gasteiger partial charge in [-0.25, -0.2) is 4.98 Å². The summed E-state index contributed by atoms with van der Waals surface area (Å²) in [4.78, 5) is 21.4. The number of morpholine rings is 1. The SMILES string of the molecule is COCc1nc(C(=O)N2C[C@H](C)[C@@H](N3CCOCC3)C2)cs1. The van der Waals surface area contributed by atoms with E-state index < -0.39 is 0 Å². The van der Waals surface area contributed by atoms with Crippen LogP contribution in [0.3, 0.4) is 0 Å².